The summed E-state index contributed by atoms with van der Waals surface area (Å²) in [7, 11) is 0. The molecule has 1 aliphatic carbocycles. The number of rotatable bonds is 16. The summed E-state index contributed by atoms with van der Waals surface area (Å²) in [6, 6.07) is 206. The van der Waals surface area contributed by atoms with Crippen LogP contribution >= 0.6 is 34.0 Å². The van der Waals surface area contributed by atoms with Gasteiger partial charge in [-0.25, -0.2) is 0 Å². The van der Waals surface area contributed by atoms with Crippen molar-refractivity contribution in [1.82, 2.24) is 4.57 Å². The number of anilines is 6. The lowest BCUT2D eigenvalue weighted by molar-refractivity contribution is 0.768. The van der Waals surface area contributed by atoms with Gasteiger partial charge in [-0.05, 0) is 272 Å². The van der Waals surface area contributed by atoms with Crippen molar-refractivity contribution in [2.45, 2.75) is 5.41 Å². The van der Waals surface area contributed by atoms with E-state index in [-0.39, 0.29) is 0 Å². The molecule has 0 amide bonds. The van der Waals surface area contributed by atoms with Gasteiger partial charge in [0.2, 0.25) is 0 Å². The molecule has 0 unspecified atom stereocenters. The highest BCUT2D eigenvalue weighted by Crippen LogP contribution is 2.58. The lowest BCUT2D eigenvalue weighted by atomic mass is 9.68. The molecule has 4 heterocycles. The molecule has 0 radical (unpaired) electrons. The predicted molar refractivity (Wildman–Crippen MR) is 632 cm³/mol. The van der Waals surface area contributed by atoms with Crippen LogP contribution in [0.1, 0.15) is 22.3 Å². The quantitative estimate of drug-likeness (QED) is 0.0955. The molecule has 0 aliphatic heterocycles. The van der Waals surface area contributed by atoms with E-state index < -0.39 is 5.41 Å². The molecular formula is C141H93N3S3. The van der Waals surface area contributed by atoms with E-state index in [4.69, 9.17) is 0 Å². The maximum atomic E-state index is 2.42. The third kappa shape index (κ3) is 15.7. The smallest absolute Gasteiger partial charge is 0.0713 e. The largest absolute Gasteiger partial charge is 0.311 e. The third-order valence-electron chi connectivity index (χ3n) is 29.6. The van der Waals surface area contributed by atoms with Crippen LogP contribution in [-0.2, 0) is 5.41 Å². The molecule has 24 aromatic carbocycles. The molecule has 4 aromatic heterocycles. The average molecular weight is 1930 g/mol. The summed E-state index contributed by atoms with van der Waals surface area (Å²) in [5, 5.41) is 15.5. The molecule has 6 heteroatoms. The number of aromatic nitrogens is 1. The first-order chi connectivity index (χ1) is 72.9. The standard InChI is InChI=1S/C56H38N2.C43H31N.C42H24S3/c1-2-16-45(17-3-1)58-55-23-9-8-20-53(55)54-38-44(30-37-56(54)58)39-24-31-46(32-25-39)57(47-33-26-42(27-34-47)51-21-10-14-40-12-4-6-18-49(40)51)48-35-28-43(29-36-48)52-22-11-15-41-13-5-7-19-50(41)52;1-4-14-32(15-5-1)33-24-28-37(29-25-33)44(36-18-8-3-9-19-36)38-30-26-35(27-31-38)43(34-16-6-2-7-17-34)41-22-12-10-20-39(41)40-21-11-13-23-42(40)43;1-4-19-37-31(10-1)34-16-7-13-28(40(34)43-37)25-22-26(29-14-8-17-35-32-11-2-5-20-38(32)44-41(29)35)24-27(23-25)30-15-9-18-36-33-12-3-6-21-39(33)45-42(30)36/h1-38H;1-31H;1-24H. The summed E-state index contributed by atoms with van der Waals surface area (Å²) >= 11 is 5.70. The number of benzene rings is 24. The van der Waals surface area contributed by atoms with Crippen molar-refractivity contribution in [1.29, 1.82) is 0 Å². The van der Waals surface area contributed by atoms with E-state index >= 15 is 0 Å². The van der Waals surface area contributed by atoms with Crippen LogP contribution in [0.15, 0.2) is 564 Å². The minimum absolute atomic E-state index is 0.401. The fraction of sp³-hybridized carbons (Fsp3) is 0.00709. The molecule has 690 valence electrons. The van der Waals surface area contributed by atoms with Gasteiger partial charge in [0.1, 0.15) is 0 Å². The predicted octanol–water partition coefficient (Wildman–Crippen LogP) is 40.5. The molecule has 0 saturated heterocycles. The first-order valence-corrected chi connectivity index (χ1v) is 52.7. The van der Waals surface area contributed by atoms with E-state index in [1.54, 1.807) is 0 Å². The summed E-state index contributed by atoms with van der Waals surface area (Å²) in [6.07, 6.45) is 0. The van der Waals surface area contributed by atoms with Crippen molar-refractivity contribution in [3.63, 3.8) is 0 Å². The summed E-state index contributed by atoms with van der Waals surface area (Å²) < 4.78 is 10.4. The van der Waals surface area contributed by atoms with Crippen LogP contribution in [0.2, 0.25) is 0 Å². The van der Waals surface area contributed by atoms with Crippen LogP contribution in [0.5, 0.6) is 0 Å². The molecule has 0 saturated carbocycles. The van der Waals surface area contributed by atoms with Crippen molar-refractivity contribution in [2.24, 2.45) is 0 Å². The fourth-order valence-electron chi connectivity index (χ4n) is 22.8. The Morgan fingerprint density at radius 1 is 0.163 bits per heavy atom. The molecule has 28 aromatic rings. The monoisotopic (exact) mass is 1920 g/mol. The van der Waals surface area contributed by atoms with Crippen molar-refractivity contribution in [3.8, 4) is 94.7 Å². The zero-order chi connectivity index (χ0) is 97.2. The first-order valence-electron chi connectivity index (χ1n) is 50.3. The van der Waals surface area contributed by atoms with Gasteiger partial charge in [-0.1, -0.05) is 425 Å². The first kappa shape index (κ1) is 87.8. The molecule has 0 fully saturated rings. The Morgan fingerprint density at radius 2 is 0.456 bits per heavy atom. The average Bonchev–Trinajstić information content (AvgIpc) is 1.54. The van der Waals surface area contributed by atoms with Gasteiger partial charge < -0.3 is 14.4 Å². The van der Waals surface area contributed by atoms with E-state index in [1.807, 2.05) is 34.0 Å². The van der Waals surface area contributed by atoms with Gasteiger partial charge in [-0.15, -0.1) is 34.0 Å². The van der Waals surface area contributed by atoms with Gasteiger partial charge in [0.15, 0.2) is 0 Å². The molecule has 1 aliphatic rings. The maximum Gasteiger partial charge on any atom is 0.0713 e. The summed E-state index contributed by atoms with van der Waals surface area (Å²) in [6.45, 7) is 0. The van der Waals surface area contributed by atoms with Crippen LogP contribution in [0.4, 0.5) is 34.1 Å². The van der Waals surface area contributed by atoms with E-state index in [0.29, 0.717) is 0 Å². The van der Waals surface area contributed by atoms with Gasteiger partial charge >= 0.3 is 0 Å². The summed E-state index contributed by atoms with van der Waals surface area (Å²) in [4.78, 5) is 4.70. The van der Waals surface area contributed by atoms with Gasteiger partial charge in [-0.2, -0.15) is 0 Å². The minimum Gasteiger partial charge on any atom is -0.311 e. The molecule has 29 rings (SSSR count). The molecule has 0 N–H and O–H groups in total. The molecule has 0 spiro atoms. The molecule has 147 heavy (non-hydrogen) atoms. The number of para-hydroxylation sites is 3. The second-order valence-electron chi connectivity index (χ2n) is 37.9. The zero-order valence-corrected chi connectivity index (χ0v) is 82.7. The van der Waals surface area contributed by atoms with Gasteiger partial charge in [0.25, 0.3) is 0 Å². The topological polar surface area (TPSA) is 11.4 Å². The minimum atomic E-state index is -0.401. The van der Waals surface area contributed by atoms with E-state index in [1.165, 1.54) is 221 Å². The van der Waals surface area contributed by atoms with Crippen molar-refractivity contribution >= 4 is 172 Å². The second kappa shape index (κ2) is 37.6. The van der Waals surface area contributed by atoms with Crippen LogP contribution < -0.4 is 9.80 Å². The lowest BCUT2D eigenvalue weighted by Gasteiger charge is -2.34. The van der Waals surface area contributed by atoms with E-state index in [2.05, 4.69) is 579 Å². The lowest BCUT2D eigenvalue weighted by Crippen LogP contribution is -2.28. The Labute approximate surface area is 865 Å². The van der Waals surface area contributed by atoms with Gasteiger partial charge in [0.05, 0.1) is 16.4 Å². The van der Waals surface area contributed by atoms with Gasteiger partial charge in [0, 0.05) is 111 Å². The highest BCUT2D eigenvalue weighted by molar-refractivity contribution is 7.27. The third-order valence-corrected chi connectivity index (χ3v) is 33.3. The number of hydrogen-bond donors (Lipinski definition) is 0. The zero-order valence-electron chi connectivity index (χ0n) is 80.3. The maximum absolute atomic E-state index is 2.42. The van der Waals surface area contributed by atoms with Crippen molar-refractivity contribution < 1.29 is 0 Å². The Hall–Kier alpha value is -18.1. The summed E-state index contributed by atoms with van der Waals surface area (Å²) in [5.41, 5.74) is 35.0. The normalized spacial score (nSPS) is 12.0. The Bertz CT molecular complexity index is 9340. The molecule has 3 nitrogen and oxygen atoms in total. The molecule has 0 atom stereocenters. The number of hydrogen-bond acceptors (Lipinski definition) is 5. The summed E-state index contributed by atoms with van der Waals surface area (Å²) in [5.74, 6) is 0. The second-order valence-corrected chi connectivity index (χ2v) is 41.1. The van der Waals surface area contributed by atoms with Crippen molar-refractivity contribution in [2.75, 3.05) is 9.80 Å². The SMILES string of the molecule is c1ccc(-c2ccc(N(c3ccccc3)c3ccc(C4(c5ccccc5)c5ccccc5-c5ccccc54)cc3)cc2)cc1.c1ccc(-n2c3ccccc3c3cc(-c4ccc(N(c5ccc(-c6cccc7ccccc67)cc5)c5ccc(-c6cccc7ccccc67)cc5)cc4)ccc32)cc1.c1ccc2c(c1)sc1c(-c3cc(-c4cccc5c4sc4ccccc45)cc(-c4cccc5c4sc4ccccc45)c3)cccc12. The van der Waals surface area contributed by atoms with Crippen LogP contribution in [0.25, 0.3) is 199 Å². The number of fused-ring (bicyclic) bond motifs is 17. The van der Waals surface area contributed by atoms with Crippen LogP contribution in [-0.4, -0.2) is 4.57 Å². The fourth-order valence-corrected chi connectivity index (χ4v) is 26.6. The molecular weight excluding hydrogens is 1830 g/mol. The van der Waals surface area contributed by atoms with E-state index in [0.717, 1.165) is 34.1 Å². The number of nitrogens with zero attached hydrogens (tertiary/aromatic N) is 3. The highest BCUT2D eigenvalue weighted by atomic mass is 32.1. The Kier molecular flexibility index (Phi) is 22.5. The van der Waals surface area contributed by atoms with E-state index in [9.17, 15) is 0 Å². The Morgan fingerprint density at radius 3 is 0.912 bits per heavy atom. The Balaban J connectivity index is 0.000000111. The van der Waals surface area contributed by atoms with Crippen LogP contribution in [0, 0.1) is 0 Å². The van der Waals surface area contributed by atoms with Crippen molar-refractivity contribution in [3.05, 3.63) is 586 Å². The molecule has 0 bridgehead atoms. The van der Waals surface area contributed by atoms with Crippen LogP contribution in [0.3, 0.4) is 0 Å². The number of thiophene rings is 3. The van der Waals surface area contributed by atoms with Gasteiger partial charge in [-0.3, -0.25) is 0 Å². The highest BCUT2D eigenvalue weighted by Gasteiger charge is 2.46.